The first-order chi connectivity index (χ1) is 17.3. The van der Waals surface area contributed by atoms with Gasteiger partial charge in [-0.15, -0.1) is 0 Å². The van der Waals surface area contributed by atoms with Crippen molar-refractivity contribution in [3.8, 4) is 17.2 Å². The maximum absolute atomic E-state index is 9.32. The highest BCUT2D eigenvalue weighted by atomic mass is 15.3. The number of pyridine rings is 1. The van der Waals surface area contributed by atoms with E-state index >= 15 is 0 Å². The minimum atomic E-state index is 0.666. The summed E-state index contributed by atoms with van der Waals surface area (Å²) < 4.78 is 0. The quantitative estimate of drug-likeness (QED) is 0.372. The Morgan fingerprint density at radius 3 is 2.63 bits per heavy atom. The lowest BCUT2D eigenvalue weighted by Crippen LogP contribution is -2.47. The first kappa shape index (κ1) is 21.4. The van der Waals surface area contributed by atoms with Gasteiger partial charge in [0.15, 0.2) is 0 Å². The van der Waals surface area contributed by atoms with Gasteiger partial charge in [0.2, 0.25) is 0 Å². The Balaban J connectivity index is 1.17. The third-order valence-electron chi connectivity index (χ3n) is 7.08. The van der Waals surface area contributed by atoms with E-state index in [0.29, 0.717) is 5.56 Å². The van der Waals surface area contributed by atoms with Crippen LogP contribution in [-0.2, 0) is 6.42 Å². The lowest BCUT2D eigenvalue weighted by Gasteiger charge is -2.35. The number of nitriles is 1. The average molecular weight is 458 g/mol. The second-order valence-electron chi connectivity index (χ2n) is 9.18. The van der Waals surface area contributed by atoms with Crippen LogP contribution in [0.5, 0.6) is 0 Å². The van der Waals surface area contributed by atoms with Crippen molar-refractivity contribution in [3.05, 3.63) is 96.2 Å². The number of anilines is 1. The van der Waals surface area contributed by atoms with Crippen LogP contribution in [-0.4, -0.2) is 47.6 Å². The van der Waals surface area contributed by atoms with Crippen LogP contribution in [0.2, 0.25) is 0 Å². The zero-order chi connectivity index (χ0) is 23.6. The normalized spacial score (nSPS) is 14.4. The van der Waals surface area contributed by atoms with Crippen LogP contribution in [0.3, 0.4) is 0 Å². The molecular formula is C30H27N5. The summed E-state index contributed by atoms with van der Waals surface area (Å²) >= 11 is 0. The predicted molar refractivity (Wildman–Crippen MR) is 143 cm³/mol. The van der Waals surface area contributed by atoms with E-state index in [2.05, 4.69) is 87.7 Å². The van der Waals surface area contributed by atoms with Crippen LogP contribution >= 0.6 is 0 Å². The van der Waals surface area contributed by atoms with E-state index in [1.54, 1.807) is 0 Å². The molecule has 35 heavy (non-hydrogen) atoms. The molecule has 5 heteroatoms. The van der Waals surface area contributed by atoms with Gasteiger partial charge in [-0.3, -0.25) is 4.90 Å². The lowest BCUT2D eigenvalue weighted by molar-refractivity contribution is 0.260. The van der Waals surface area contributed by atoms with Crippen LogP contribution in [0.1, 0.15) is 11.1 Å². The molecular weight excluding hydrogens is 430 g/mol. The number of hydrogen-bond acceptors (Lipinski definition) is 4. The molecule has 2 aromatic heterocycles. The van der Waals surface area contributed by atoms with Gasteiger partial charge in [-0.25, -0.2) is 4.98 Å². The minimum Gasteiger partial charge on any atom is -0.361 e. The second-order valence-corrected chi connectivity index (χ2v) is 9.18. The summed E-state index contributed by atoms with van der Waals surface area (Å²) in [5, 5.41) is 11.8. The number of hydrogen-bond donors (Lipinski definition) is 1. The molecule has 1 N–H and O–H groups in total. The summed E-state index contributed by atoms with van der Waals surface area (Å²) in [6.07, 6.45) is 3.22. The number of piperazine rings is 1. The number of aromatic nitrogens is 2. The van der Waals surface area contributed by atoms with E-state index in [4.69, 9.17) is 4.98 Å². The van der Waals surface area contributed by atoms with Gasteiger partial charge in [0.05, 0.1) is 17.1 Å². The number of rotatable bonds is 5. The van der Waals surface area contributed by atoms with Crippen molar-refractivity contribution in [1.82, 2.24) is 14.9 Å². The van der Waals surface area contributed by atoms with Crippen molar-refractivity contribution in [2.75, 3.05) is 37.6 Å². The topological polar surface area (TPSA) is 59.0 Å². The molecule has 172 valence electrons. The molecule has 1 saturated heterocycles. The Bertz CT molecular complexity index is 1540. The Labute approximate surface area is 205 Å². The zero-order valence-electron chi connectivity index (χ0n) is 19.6. The number of nitrogens with zero attached hydrogens (tertiary/aromatic N) is 4. The molecule has 3 heterocycles. The molecule has 1 fully saturated rings. The first-order valence-corrected chi connectivity index (χ1v) is 12.2. The molecule has 0 aliphatic carbocycles. The van der Waals surface area contributed by atoms with Gasteiger partial charge in [-0.1, -0.05) is 48.5 Å². The minimum absolute atomic E-state index is 0.666. The fourth-order valence-corrected chi connectivity index (χ4v) is 5.12. The molecule has 1 aliphatic heterocycles. The first-order valence-electron chi connectivity index (χ1n) is 12.2. The predicted octanol–water partition coefficient (Wildman–Crippen LogP) is 5.62. The van der Waals surface area contributed by atoms with Gasteiger partial charge in [0.1, 0.15) is 5.82 Å². The largest absolute Gasteiger partial charge is 0.361 e. The number of H-pyrrole nitrogens is 1. The third kappa shape index (κ3) is 4.25. The summed E-state index contributed by atoms with van der Waals surface area (Å²) in [7, 11) is 0. The van der Waals surface area contributed by atoms with Crippen molar-refractivity contribution in [1.29, 1.82) is 5.26 Å². The van der Waals surface area contributed by atoms with Crippen molar-refractivity contribution in [2.24, 2.45) is 0 Å². The molecule has 0 atom stereocenters. The van der Waals surface area contributed by atoms with Crippen LogP contribution < -0.4 is 4.90 Å². The molecule has 0 saturated carbocycles. The van der Waals surface area contributed by atoms with Gasteiger partial charge >= 0.3 is 0 Å². The smallest absolute Gasteiger partial charge is 0.129 e. The van der Waals surface area contributed by atoms with Crippen LogP contribution in [0.25, 0.3) is 32.9 Å². The average Bonchev–Trinajstić information content (AvgIpc) is 3.35. The molecule has 0 spiro atoms. The fraction of sp³-hybridized carbons (Fsp3) is 0.200. The number of fused-ring (bicyclic) bond motifs is 2. The molecule has 3 aromatic carbocycles. The summed E-state index contributed by atoms with van der Waals surface area (Å²) in [4.78, 5) is 13.4. The Morgan fingerprint density at radius 1 is 0.886 bits per heavy atom. The molecule has 0 amide bonds. The highest BCUT2D eigenvalue weighted by Crippen LogP contribution is 2.30. The molecule has 0 bridgehead atoms. The number of nitrogens with one attached hydrogen (secondary N) is 1. The van der Waals surface area contributed by atoms with E-state index < -0.39 is 0 Å². The number of para-hydroxylation sites is 2. The van der Waals surface area contributed by atoms with Gasteiger partial charge in [-0.2, -0.15) is 5.26 Å². The van der Waals surface area contributed by atoms with E-state index in [1.807, 2.05) is 18.2 Å². The maximum Gasteiger partial charge on any atom is 0.129 e. The molecule has 5 nitrogen and oxygen atoms in total. The summed E-state index contributed by atoms with van der Waals surface area (Å²) in [5.74, 6) is 1.03. The van der Waals surface area contributed by atoms with Gasteiger partial charge in [0.25, 0.3) is 0 Å². The monoisotopic (exact) mass is 457 g/mol. The summed E-state index contributed by atoms with van der Waals surface area (Å²) in [6, 6.07) is 29.1. The zero-order valence-corrected chi connectivity index (χ0v) is 19.6. The van der Waals surface area contributed by atoms with Gasteiger partial charge in [0, 0.05) is 60.8 Å². The standard InChI is InChI=1S/C30H27N5/c31-20-22-5-3-7-24(19-22)27-9-4-6-23-11-12-29(33-30(23)27)35-17-15-34(16-18-35)14-13-25-21-32-28-10-2-1-8-26(25)28/h1-12,19,21,32H,13-18H2. The molecule has 6 rings (SSSR count). The van der Waals surface area contributed by atoms with Crippen LogP contribution in [0, 0.1) is 11.3 Å². The molecule has 1 aliphatic rings. The molecule has 5 aromatic rings. The Morgan fingerprint density at radius 2 is 1.74 bits per heavy atom. The van der Waals surface area contributed by atoms with Gasteiger partial charge < -0.3 is 9.88 Å². The Hall–Kier alpha value is -4.14. The fourth-order valence-electron chi connectivity index (χ4n) is 5.12. The Kier molecular flexibility index (Phi) is 5.65. The third-order valence-corrected chi connectivity index (χ3v) is 7.08. The van der Waals surface area contributed by atoms with Gasteiger partial charge in [-0.05, 0) is 47.9 Å². The number of benzene rings is 3. The maximum atomic E-state index is 9.32. The van der Waals surface area contributed by atoms with Crippen LogP contribution in [0.15, 0.2) is 85.1 Å². The summed E-state index contributed by atoms with van der Waals surface area (Å²) in [5.41, 5.74) is 6.36. The second kappa shape index (κ2) is 9.25. The number of aromatic amines is 1. The van der Waals surface area contributed by atoms with E-state index in [-0.39, 0.29) is 0 Å². The highest BCUT2D eigenvalue weighted by molar-refractivity contribution is 5.94. The van der Waals surface area contributed by atoms with Crippen LogP contribution in [0.4, 0.5) is 5.82 Å². The van der Waals surface area contributed by atoms with Crippen molar-refractivity contribution in [3.63, 3.8) is 0 Å². The summed E-state index contributed by atoms with van der Waals surface area (Å²) in [6.45, 7) is 5.08. The SMILES string of the molecule is N#Cc1cccc(-c2cccc3ccc(N4CCN(CCc5c[nH]c6ccccc56)CC4)nc23)c1. The lowest BCUT2D eigenvalue weighted by atomic mass is 10.0. The van der Waals surface area contributed by atoms with Crippen molar-refractivity contribution in [2.45, 2.75) is 6.42 Å². The van der Waals surface area contributed by atoms with E-state index in [1.165, 1.54) is 16.5 Å². The van der Waals surface area contributed by atoms with E-state index in [0.717, 1.165) is 67.0 Å². The van der Waals surface area contributed by atoms with Crippen molar-refractivity contribution >= 4 is 27.6 Å². The molecule has 0 unspecified atom stereocenters. The molecule has 0 radical (unpaired) electrons. The highest BCUT2D eigenvalue weighted by Gasteiger charge is 2.19. The van der Waals surface area contributed by atoms with Crippen molar-refractivity contribution < 1.29 is 0 Å². The van der Waals surface area contributed by atoms with E-state index in [9.17, 15) is 5.26 Å².